The third kappa shape index (κ3) is 3.33. The van der Waals surface area contributed by atoms with Crippen LogP contribution in [0.4, 0.5) is 0 Å². The molecule has 0 spiro atoms. The maximum absolute atomic E-state index is 5.46. The third-order valence-corrected chi connectivity index (χ3v) is 3.11. The first-order valence-corrected chi connectivity index (χ1v) is 6.91. The number of methoxy groups -OCH3 is 1. The molecule has 0 aliphatic rings. The quantitative estimate of drug-likeness (QED) is 0.877. The molecule has 4 heteroatoms. The largest absolute Gasteiger partial charge is 0.496 e. The van der Waals surface area contributed by atoms with E-state index in [4.69, 9.17) is 4.74 Å². The molecule has 4 nitrogen and oxygen atoms in total. The predicted octanol–water partition coefficient (Wildman–Crippen LogP) is 2.88. The summed E-state index contributed by atoms with van der Waals surface area (Å²) in [6.07, 6.45) is 4.74. The van der Waals surface area contributed by atoms with Crippen molar-refractivity contribution in [1.82, 2.24) is 15.3 Å². The number of hydrogen-bond acceptors (Lipinski definition) is 4. The van der Waals surface area contributed by atoms with E-state index in [0.717, 1.165) is 35.7 Å². The molecule has 0 fully saturated rings. The summed E-state index contributed by atoms with van der Waals surface area (Å²) in [5, 5.41) is 3.49. The van der Waals surface area contributed by atoms with Gasteiger partial charge in [0.2, 0.25) is 0 Å². The first-order chi connectivity index (χ1) is 9.76. The minimum Gasteiger partial charge on any atom is -0.496 e. The van der Waals surface area contributed by atoms with Crippen LogP contribution < -0.4 is 10.1 Å². The Morgan fingerprint density at radius 1 is 1.20 bits per heavy atom. The molecule has 0 aliphatic carbocycles. The molecule has 1 N–H and O–H groups in total. The molecule has 106 valence electrons. The molecular weight excluding hydrogens is 250 g/mol. The molecule has 0 aliphatic heterocycles. The first kappa shape index (κ1) is 14.5. The van der Waals surface area contributed by atoms with Gasteiger partial charge in [-0.1, -0.05) is 25.1 Å². The standard InChI is InChI=1S/C16H21N3O/c1-4-9-17-15(16-18-10-12(2)11-19-16)13-7-5-6-8-14(13)20-3/h5-8,10-11,15,17H,4,9H2,1-3H3. The second-order valence-electron chi connectivity index (χ2n) is 4.75. The van der Waals surface area contributed by atoms with Gasteiger partial charge in [0, 0.05) is 18.0 Å². The average Bonchev–Trinajstić information content (AvgIpc) is 2.50. The molecule has 1 aromatic carbocycles. The van der Waals surface area contributed by atoms with E-state index in [1.165, 1.54) is 0 Å². The van der Waals surface area contributed by atoms with Crippen LogP contribution in [0.3, 0.4) is 0 Å². The Kier molecular flexibility index (Phi) is 5.07. The molecule has 2 rings (SSSR count). The van der Waals surface area contributed by atoms with Gasteiger partial charge in [0.25, 0.3) is 0 Å². The lowest BCUT2D eigenvalue weighted by Crippen LogP contribution is -2.25. The van der Waals surface area contributed by atoms with E-state index >= 15 is 0 Å². The summed E-state index contributed by atoms with van der Waals surface area (Å²) in [5.41, 5.74) is 2.12. The van der Waals surface area contributed by atoms with Gasteiger partial charge < -0.3 is 10.1 Å². The van der Waals surface area contributed by atoms with Crippen LogP contribution in [0.25, 0.3) is 0 Å². The molecule has 1 unspecified atom stereocenters. The summed E-state index contributed by atoms with van der Waals surface area (Å²) in [5.74, 6) is 1.62. The van der Waals surface area contributed by atoms with Crippen molar-refractivity contribution in [1.29, 1.82) is 0 Å². The van der Waals surface area contributed by atoms with E-state index in [1.807, 2.05) is 37.5 Å². The Bertz CT molecular complexity index is 540. The van der Waals surface area contributed by atoms with Gasteiger partial charge in [0.1, 0.15) is 11.6 Å². The van der Waals surface area contributed by atoms with Crippen molar-refractivity contribution in [2.24, 2.45) is 0 Å². The molecule has 0 radical (unpaired) electrons. The fourth-order valence-electron chi connectivity index (χ4n) is 2.09. The normalized spacial score (nSPS) is 12.2. The van der Waals surface area contributed by atoms with Gasteiger partial charge in [-0.25, -0.2) is 9.97 Å². The summed E-state index contributed by atoms with van der Waals surface area (Å²) in [4.78, 5) is 8.91. The van der Waals surface area contributed by atoms with Crippen molar-refractivity contribution in [3.05, 3.63) is 53.6 Å². The van der Waals surface area contributed by atoms with Crippen LogP contribution in [-0.2, 0) is 0 Å². The molecule has 20 heavy (non-hydrogen) atoms. The van der Waals surface area contributed by atoms with Crippen molar-refractivity contribution in [2.75, 3.05) is 13.7 Å². The van der Waals surface area contributed by atoms with Crippen molar-refractivity contribution in [3.63, 3.8) is 0 Å². The number of ether oxygens (including phenoxy) is 1. The summed E-state index contributed by atoms with van der Waals surface area (Å²) in [7, 11) is 1.69. The molecular formula is C16H21N3O. The minimum absolute atomic E-state index is 0.0494. The smallest absolute Gasteiger partial charge is 0.149 e. The molecule has 1 atom stereocenters. The van der Waals surface area contributed by atoms with Gasteiger partial charge >= 0.3 is 0 Å². The molecule has 0 saturated heterocycles. The van der Waals surface area contributed by atoms with Crippen LogP contribution in [0.1, 0.15) is 36.3 Å². The van der Waals surface area contributed by atoms with Crippen molar-refractivity contribution in [2.45, 2.75) is 26.3 Å². The van der Waals surface area contributed by atoms with E-state index in [9.17, 15) is 0 Å². The lowest BCUT2D eigenvalue weighted by Gasteiger charge is -2.20. The number of benzene rings is 1. The molecule has 1 heterocycles. The average molecular weight is 271 g/mol. The zero-order chi connectivity index (χ0) is 14.4. The lowest BCUT2D eigenvalue weighted by atomic mass is 10.0. The monoisotopic (exact) mass is 271 g/mol. The summed E-state index contributed by atoms with van der Waals surface area (Å²) >= 11 is 0. The molecule has 0 bridgehead atoms. The van der Waals surface area contributed by atoms with Crippen molar-refractivity contribution in [3.8, 4) is 5.75 Å². The van der Waals surface area contributed by atoms with Crippen LogP contribution in [0.15, 0.2) is 36.7 Å². The predicted molar refractivity (Wildman–Crippen MR) is 79.9 cm³/mol. The van der Waals surface area contributed by atoms with Crippen LogP contribution >= 0.6 is 0 Å². The van der Waals surface area contributed by atoms with E-state index in [1.54, 1.807) is 7.11 Å². The van der Waals surface area contributed by atoms with E-state index in [0.29, 0.717) is 0 Å². The van der Waals surface area contributed by atoms with E-state index in [-0.39, 0.29) is 6.04 Å². The maximum atomic E-state index is 5.46. The molecule has 2 aromatic rings. The van der Waals surface area contributed by atoms with Gasteiger partial charge in [-0.05, 0) is 31.5 Å². The van der Waals surface area contributed by atoms with Crippen LogP contribution in [-0.4, -0.2) is 23.6 Å². The zero-order valence-electron chi connectivity index (χ0n) is 12.3. The number of nitrogens with zero attached hydrogens (tertiary/aromatic N) is 2. The molecule has 0 saturated carbocycles. The van der Waals surface area contributed by atoms with Gasteiger partial charge in [-0.2, -0.15) is 0 Å². The zero-order valence-corrected chi connectivity index (χ0v) is 12.3. The van der Waals surface area contributed by atoms with Crippen LogP contribution in [0.5, 0.6) is 5.75 Å². The second kappa shape index (κ2) is 7.01. The highest BCUT2D eigenvalue weighted by Crippen LogP contribution is 2.28. The van der Waals surface area contributed by atoms with Gasteiger partial charge in [0.15, 0.2) is 0 Å². The lowest BCUT2D eigenvalue weighted by molar-refractivity contribution is 0.402. The highest BCUT2D eigenvalue weighted by atomic mass is 16.5. The fourth-order valence-corrected chi connectivity index (χ4v) is 2.09. The van der Waals surface area contributed by atoms with E-state index < -0.39 is 0 Å². The summed E-state index contributed by atoms with van der Waals surface area (Å²) < 4.78 is 5.46. The van der Waals surface area contributed by atoms with Crippen molar-refractivity contribution < 1.29 is 4.74 Å². The SMILES string of the molecule is CCCNC(c1ncc(C)cn1)c1ccccc1OC. The topological polar surface area (TPSA) is 47.0 Å². The number of aromatic nitrogens is 2. The third-order valence-electron chi connectivity index (χ3n) is 3.11. The van der Waals surface area contributed by atoms with Crippen molar-refractivity contribution >= 4 is 0 Å². The molecule has 0 amide bonds. The number of para-hydroxylation sites is 1. The first-order valence-electron chi connectivity index (χ1n) is 6.91. The summed E-state index contributed by atoms with van der Waals surface area (Å²) in [6.45, 7) is 5.03. The minimum atomic E-state index is -0.0494. The Labute approximate surface area is 120 Å². The molecule has 1 aromatic heterocycles. The Morgan fingerprint density at radius 2 is 1.90 bits per heavy atom. The number of aryl methyl sites for hydroxylation is 1. The van der Waals surface area contributed by atoms with Gasteiger partial charge in [-0.15, -0.1) is 0 Å². The highest BCUT2D eigenvalue weighted by Gasteiger charge is 2.19. The Hall–Kier alpha value is -1.94. The van der Waals surface area contributed by atoms with Crippen LogP contribution in [0.2, 0.25) is 0 Å². The number of nitrogens with one attached hydrogen (secondary N) is 1. The Morgan fingerprint density at radius 3 is 2.55 bits per heavy atom. The summed E-state index contributed by atoms with van der Waals surface area (Å²) in [6, 6.07) is 7.94. The van der Waals surface area contributed by atoms with Gasteiger partial charge in [-0.3, -0.25) is 0 Å². The maximum Gasteiger partial charge on any atom is 0.149 e. The number of rotatable bonds is 6. The fraction of sp³-hybridized carbons (Fsp3) is 0.375. The second-order valence-corrected chi connectivity index (χ2v) is 4.75. The Balaban J connectivity index is 2.38. The highest BCUT2D eigenvalue weighted by molar-refractivity contribution is 5.38. The number of hydrogen-bond donors (Lipinski definition) is 1. The van der Waals surface area contributed by atoms with Crippen LogP contribution in [0, 0.1) is 6.92 Å². The van der Waals surface area contributed by atoms with E-state index in [2.05, 4.69) is 28.3 Å². The van der Waals surface area contributed by atoms with Gasteiger partial charge in [0.05, 0.1) is 13.2 Å².